The monoisotopic (exact) mass is 388 g/mol. The van der Waals surface area contributed by atoms with E-state index in [1.807, 2.05) is 0 Å². The fraction of sp³-hybridized carbons (Fsp3) is 0.481. The Morgan fingerprint density at radius 3 is 2.69 bits per heavy atom. The third-order valence-corrected chi connectivity index (χ3v) is 7.24. The molecule has 1 aliphatic heterocycles. The van der Waals surface area contributed by atoms with Gasteiger partial charge in [0.1, 0.15) is 0 Å². The van der Waals surface area contributed by atoms with E-state index in [0.717, 1.165) is 38.5 Å². The van der Waals surface area contributed by atoms with Crippen LogP contribution >= 0.6 is 0 Å². The number of fused-ring (bicyclic) bond motifs is 2. The standard InChI is InChI=1S/C27H32O2/c1-5-6-7-9-12-20(2)25-21(3)24-15-16-27(28-17-18-29-27)26(24,4)19-23(25)22-13-10-8-11-14-22/h1,8,10-14,24H,3,6-7,9,15-19H2,2,4H3/b20-12-/t24?,26-/m0/s1. The molecule has 152 valence electrons. The summed E-state index contributed by atoms with van der Waals surface area (Å²) in [6.07, 6.45) is 13.6. The van der Waals surface area contributed by atoms with Crippen molar-refractivity contribution in [3.05, 3.63) is 65.3 Å². The molecule has 2 nitrogen and oxygen atoms in total. The van der Waals surface area contributed by atoms with Crippen LogP contribution in [0.5, 0.6) is 0 Å². The van der Waals surface area contributed by atoms with Crippen LogP contribution in [0.15, 0.2) is 59.7 Å². The molecule has 2 atom stereocenters. The third kappa shape index (κ3) is 3.31. The molecule has 1 heterocycles. The normalized spacial score (nSPS) is 28.7. The van der Waals surface area contributed by atoms with Gasteiger partial charge in [0.05, 0.1) is 13.2 Å². The van der Waals surface area contributed by atoms with Crippen LogP contribution in [0.25, 0.3) is 5.57 Å². The van der Waals surface area contributed by atoms with Crippen molar-refractivity contribution in [1.29, 1.82) is 0 Å². The Bertz CT molecular complexity index is 877. The van der Waals surface area contributed by atoms with Crippen LogP contribution in [0.4, 0.5) is 0 Å². The average molecular weight is 389 g/mol. The zero-order valence-electron chi connectivity index (χ0n) is 17.8. The summed E-state index contributed by atoms with van der Waals surface area (Å²) in [4.78, 5) is 0. The van der Waals surface area contributed by atoms with Gasteiger partial charge in [-0.2, -0.15) is 0 Å². The van der Waals surface area contributed by atoms with Gasteiger partial charge in [-0.1, -0.05) is 49.9 Å². The SMILES string of the molecule is C#CCCC/C=C(/C)C1=C(c2ccccc2)C[C@@]2(C)C(CCC23OCCO3)C1=C. The lowest BCUT2D eigenvalue weighted by atomic mass is 9.61. The molecule has 0 bridgehead atoms. The molecule has 2 heteroatoms. The third-order valence-electron chi connectivity index (χ3n) is 7.24. The maximum atomic E-state index is 6.27. The zero-order valence-corrected chi connectivity index (χ0v) is 17.8. The predicted octanol–water partition coefficient (Wildman–Crippen LogP) is 6.31. The maximum absolute atomic E-state index is 6.27. The molecule has 0 amide bonds. The summed E-state index contributed by atoms with van der Waals surface area (Å²) in [5.74, 6) is 2.67. The molecule has 1 saturated carbocycles. The molecule has 29 heavy (non-hydrogen) atoms. The summed E-state index contributed by atoms with van der Waals surface area (Å²) in [6.45, 7) is 10.6. The van der Waals surface area contributed by atoms with E-state index in [1.54, 1.807) is 0 Å². The summed E-state index contributed by atoms with van der Waals surface area (Å²) in [5, 5.41) is 0. The molecule has 0 N–H and O–H groups in total. The summed E-state index contributed by atoms with van der Waals surface area (Å²) >= 11 is 0. The van der Waals surface area contributed by atoms with Crippen LogP contribution < -0.4 is 0 Å². The van der Waals surface area contributed by atoms with E-state index in [4.69, 9.17) is 15.9 Å². The summed E-state index contributed by atoms with van der Waals surface area (Å²) in [7, 11) is 0. The second-order valence-corrected chi connectivity index (χ2v) is 8.86. The molecule has 1 aromatic carbocycles. The number of ether oxygens (including phenoxy) is 2. The van der Waals surface area contributed by atoms with Crippen LogP contribution in [-0.2, 0) is 9.47 Å². The summed E-state index contributed by atoms with van der Waals surface area (Å²) in [6, 6.07) is 10.8. The highest BCUT2D eigenvalue weighted by Crippen LogP contribution is 2.64. The van der Waals surface area contributed by atoms with Gasteiger partial charge >= 0.3 is 0 Å². The number of hydrogen-bond donors (Lipinski definition) is 0. The molecule has 2 aliphatic carbocycles. The van der Waals surface area contributed by atoms with Crippen LogP contribution in [0.1, 0.15) is 57.9 Å². The fourth-order valence-electron chi connectivity index (χ4n) is 5.77. The van der Waals surface area contributed by atoms with Gasteiger partial charge in [-0.05, 0) is 66.4 Å². The summed E-state index contributed by atoms with van der Waals surface area (Å²) < 4.78 is 12.5. The highest BCUT2D eigenvalue weighted by molar-refractivity contribution is 5.79. The minimum absolute atomic E-state index is 0.0843. The topological polar surface area (TPSA) is 18.5 Å². The first-order valence-electron chi connectivity index (χ1n) is 10.9. The van der Waals surface area contributed by atoms with Crippen LogP contribution in [0.2, 0.25) is 0 Å². The van der Waals surface area contributed by atoms with E-state index in [1.165, 1.54) is 27.9 Å². The van der Waals surface area contributed by atoms with Gasteiger partial charge in [0.2, 0.25) is 0 Å². The fourth-order valence-corrected chi connectivity index (χ4v) is 5.77. The first-order chi connectivity index (χ1) is 14.0. The second-order valence-electron chi connectivity index (χ2n) is 8.86. The molecular weight excluding hydrogens is 356 g/mol. The molecule has 1 aromatic rings. The highest BCUT2D eigenvalue weighted by atomic mass is 16.7. The Hall–Kier alpha value is -2.08. The van der Waals surface area contributed by atoms with Gasteiger partial charge in [-0.25, -0.2) is 0 Å². The van der Waals surface area contributed by atoms with Crippen molar-refractivity contribution >= 4 is 5.57 Å². The Morgan fingerprint density at radius 2 is 2.00 bits per heavy atom. The largest absolute Gasteiger partial charge is 0.347 e. The number of terminal acetylenes is 1. The quantitative estimate of drug-likeness (QED) is 0.435. The molecule has 0 aromatic heterocycles. The lowest BCUT2D eigenvalue weighted by molar-refractivity contribution is -0.221. The van der Waals surface area contributed by atoms with Gasteiger partial charge < -0.3 is 9.47 Å². The lowest BCUT2D eigenvalue weighted by Gasteiger charge is -2.47. The van der Waals surface area contributed by atoms with Crippen molar-refractivity contribution in [2.75, 3.05) is 13.2 Å². The van der Waals surface area contributed by atoms with Gasteiger partial charge in [0.15, 0.2) is 5.79 Å². The van der Waals surface area contributed by atoms with Gasteiger partial charge in [-0.3, -0.25) is 0 Å². The van der Waals surface area contributed by atoms with Gasteiger partial charge in [0.25, 0.3) is 0 Å². The minimum Gasteiger partial charge on any atom is -0.347 e. The number of unbranched alkanes of at least 4 members (excludes halogenated alkanes) is 2. The first-order valence-corrected chi connectivity index (χ1v) is 10.9. The molecule has 1 spiro atoms. The van der Waals surface area contributed by atoms with Crippen molar-refractivity contribution in [2.45, 2.75) is 58.2 Å². The van der Waals surface area contributed by atoms with E-state index in [0.29, 0.717) is 19.1 Å². The Morgan fingerprint density at radius 1 is 1.28 bits per heavy atom. The molecule has 1 saturated heterocycles. The smallest absolute Gasteiger partial charge is 0.174 e. The van der Waals surface area contributed by atoms with Gasteiger partial charge in [0, 0.05) is 18.3 Å². The maximum Gasteiger partial charge on any atom is 0.174 e. The summed E-state index contributed by atoms with van der Waals surface area (Å²) in [5.41, 5.74) is 6.48. The molecule has 1 unspecified atom stereocenters. The Balaban J connectivity index is 1.78. The average Bonchev–Trinajstić information content (AvgIpc) is 3.32. The van der Waals surface area contributed by atoms with Crippen molar-refractivity contribution < 1.29 is 9.47 Å². The van der Waals surface area contributed by atoms with Crippen LogP contribution in [0, 0.1) is 23.7 Å². The number of rotatable bonds is 5. The van der Waals surface area contributed by atoms with E-state index >= 15 is 0 Å². The zero-order chi connectivity index (χ0) is 20.5. The second kappa shape index (κ2) is 7.98. The molecule has 2 fully saturated rings. The number of hydrogen-bond acceptors (Lipinski definition) is 2. The molecular formula is C27H32O2. The predicted molar refractivity (Wildman–Crippen MR) is 119 cm³/mol. The molecule has 0 radical (unpaired) electrons. The van der Waals surface area contributed by atoms with Crippen molar-refractivity contribution in [2.24, 2.45) is 11.3 Å². The molecule has 3 aliphatic rings. The van der Waals surface area contributed by atoms with Crippen LogP contribution in [-0.4, -0.2) is 19.0 Å². The van der Waals surface area contributed by atoms with Crippen molar-refractivity contribution in [3.63, 3.8) is 0 Å². The van der Waals surface area contributed by atoms with Crippen molar-refractivity contribution in [3.8, 4) is 12.3 Å². The highest BCUT2D eigenvalue weighted by Gasteiger charge is 2.63. The van der Waals surface area contributed by atoms with E-state index in [2.05, 4.69) is 62.8 Å². The van der Waals surface area contributed by atoms with Crippen molar-refractivity contribution in [1.82, 2.24) is 0 Å². The number of allylic oxidation sites excluding steroid dienone is 5. The van der Waals surface area contributed by atoms with E-state index < -0.39 is 5.79 Å². The number of benzene rings is 1. The Kier molecular flexibility index (Phi) is 5.56. The minimum atomic E-state index is -0.462. The van der Waals surface area contributed by atoms with E-state index in [9.17, 15) is 0 Å². The van der Waals surface area contributed by atoms with Gasteiger partial charge in [-0.15, -0.1) is 12.3 Å². The van der Waals surface area contributed by atoms with E-state index in [-0.39, 0.29) is 5.41 Å². The molecule has 4 rings (SSSR count). The first kappa shape index (κ1) is 20.2. The van der Waals surface area contributed by atoms with Crippen LogP contribution in [0.3, 0.4) is 0 Å². The lowest BCUT2D eigenvalue weighted by Crippen LogP contribution is -2.48. The Labute approximate surface area is 175 Å².